The smallest absolute Gasteiger partial charge is 0.266 e. The number of para-hydroxylation sites is 2. The number of likely N-dealkylation sites (N-methyl/N-ethyl adjacent to an activating group) is 1. The van der Waals surface area contributed by atoms with Crippen LogP contribution in [0, 0.1) is 0 Å². The monoisotopic (exact) mass is 399 g/mol. The van der Waals surface area contributed by atoms with Crippen molar-refractivity contribution in [3.8, 4) is 11.5 Å². The Labute approximate surface area is 169 Å². The number of carbonyl (C=O) groups is 1. The molecule has 140 valence electrons. The molecule has 27 heavy (non-hydrogen) atoms. The number of hydrogen-bond acceptors (Lipinski definition) is 5. The summed E-state index contributed by atoms with van der Waals surface area (Å²) in [7, 11) is 0. The van der Waals surface area contributed by atoms with Crippen LogP contribution in [0.5, 0.6) is 11.5 Å². The molecular formula is C21H21NO3S2. The van der Waals surface area contributed by atoms with E-state index in [1.807, 2.05) is 67.6 Å². The fourth-order valence-electron chi connectivity index (χ4n) is 2.59. The van der Waals surface area contributed by atoms with Gasteiger partial charge in [0.25, 0.3) is 5.91 Å². The number of thioether (sulfide) groups is 1. The highest BCUT2D eigenvalue weighted by molar-refractivity contribution is 8.26. The minimum absolute atomic E-state index is 0.0430. The lowest BCUT2D eigenvalue weighted by atomic mass is 10.2. The van der Waals surface area contributed by atoms with Crippen LogP contribution in [0.25, 0.3) is 6.08 Å². The van der Waals surface area contributed by atoms with E-state index in [0.29, 0.717) is 29.0 Å². The molecule has 0 bridgehead atoms. The van der Waals surface area contributed by atoms with E-state index < -0.39 is 0 Å². The lowest BCUT2D eigenvalue weighted by Crippen LogP contribution is -2.27. The van der Waals surface area contributed by atoms with E-state index in [9.17, 15) is 4.79 Å². The van der Waals surface area contributed by atoms with Crippen molar-refractivity contribution in [2.24, 2.45) is 0 Å². The van der Waals surface area contributed by atoms with Crippen LogP contribution in [-0.2, 0) is 4.79 Å². The minimum atomic E-state index is -0.0430. The van der Waals surface area contributed by atoms with Crippen molar-refractivity contribution in [2.75, 3.05) is 19.8 Å². The molecule has 0 unspecified atom stereocenters. The van der Waals surface area contributed by atoms with Gasteiger partial charge in [-0.3, -0.25) is 9.69 Å². The quantitative estimate of drug-likeness (QED) is 0.364. The maximum absolute atomic E-state index is 12.4. The minimum Gasteiger partial charge on any atom is -0.493 e. The first-order valence-corrected chi connectivity index (χ1v) is 10.1. The highest BCUT2D eigenvalue weighted by atomic mass is 32.2. The first kappa shape index (κ1) is 19.5. The molecule has 1 heterocycles. The zero-order valence-electron chi connectivity index (χ0n) is 15.1. The van der Waals surface area contributed by atoms with Gasteiger partial charge in [0, 0.05) is 18.5 Å². The SMILES string of the molecule is CCN1C(=O)/C(=C\c2ccccc2OCCCOc2ccccc2)SC1=S. The van der Waals surface area contributed by atoms with E-state index in [1.165, 1.54) is 11.8 Å². The standard InChI is InChI=1S/C21H21NO3S2/c1-2-22-20(23)19(27-21(22)26)15-16-9-6-7-12-18(16)25-14-8-13-24-17-10-4-3-5-11-17/h3-7,9-12,15H,2,8,13-14H2,1H3/b19-15+. The van der Waals surface area contributed by atoms with Gasteiger partial charge in [0.1, 0.15) is 15.8 Å². The fourth-order valence-corrected chi connectivity index (χ4v) is 3.97. The van der Waals surface area contributed by atoms with Crippen LogP contribution in [0.3, 0.4) is 0 Å². The summed E-state index contributed by atoms with van der Waals surface area (Å²) >= 11 is 6.60. The summed E-state index contributed by atoms with van der Waals surface area (Å²) in [5, 5.41) is 0. The predicted octanol–water partition coefficient (Wildman–Crippen LogP) is 4.76. The van der Waals surface area contributed by atoms with Crippen molar-refractivity contribution in [2.45, 2.75) is 13.3 Å². The second-order valence-electron chi connectivity index (χ2n) is 5.83. The Kier molecular flexibility index (Phi) is 6.90. The zero-order chi connectivity index (χ0) is 19.1. The van der Waals surface area contributed by atoms with Gasteiger partial charge in [-0.2, -0.15) is 0 Å². The topological polar surface area (TPSA) is 38.8 Å². The molecule has 0 radical (unpaired) electrons. The Morgan fingerprint density at radius 2 is 1.74 bits per heavy atom. The van der Waals surface area contributed by atoms with E-state index in [4.69, 9.17) is 21.7 Å². The molecule has 1 saturated heterocycles. The summed E-state index contributed by atoms with van der Waals surface area (Å²) in [4.78, 5) is 14.6. The Morgan fingerprint density at radius 3 is 2.48 bits per heavy atom. The third-order valence-electron chi connectivity index (χ3n) is 3.95. The second-order valence-corrected chi connectivity index (χ2v) is 7.50. The third-order valence-corrected chi connectivity index (χ3v) is 5.33. The molecule has 0 aromatic heterocycles. The molecule has 1 aliphatic heterocycles. The van der Waals surface area contributed by atoms with Gasteiger partial charge in [-0.1, -0.05) is 60.4 Å². The normalized spacial score (nSPS) is 15.4. The van der Waals surface area contributed by atoms with Gasteiger partial charge in [-0.05, 0) is 31.2 Å². The van der Waals surface area contributed by atoms with E-state index >= 15 is 0 Å². The summed E-state index contributed by atoms with van der Waals surface area (Å²) < 4.78 is 12.2. The molecule has 0 saturated carbocycles. The highest BCUT2D eigenvalue weighted by Gasteiger charge is 2.30. The van der Waals surface area contributed by atoms with Gasteiger partial charge in [0.15, 0.2) is 0 Å². The summed E-state index contributed by atoms with van der Waals surface area (Å²) in [5.74, 6) is 1.56. The van der Waals surface area contributed by atoms with Crippen LogP contribution in [0.2, 0.25) is 0 Å². The number of rotatable bonds is 8. The average molecular weight is 400 g/mol. The lowest BCUT2D eigenvalue weighted by molar-refractivity contribution is -0.121. The van der Waals surface area contributed by atoms with Crippen LogP contribution in [0.4, 0.5) is 0 Å². The van der Waals surface area contributed by atoms with Crippen LogP contribution >= 0.6 is 24.0 Å². The van der Waals surface area contributed by atoms with Crippen molar-refractivity contribution < 1.29 is 14.3 Å². The Bertz CT molecular complexity index is 836. The first-order chi connectivity index (χ1) is 13.2. The number of hydrogen-bond donors (Lipinski definition) is 0. The highest BCUT2D eigenvalue weighted by Crippen LogP contribution is 2.34. The fraction of sp³-hybridized carbons (Fsp3) is 0.238. The number of thiocarbonyl (C=S) groups is 1. The van der Waals surface area contributed by atoms with E-state index in [-0.39, 0.29) is 5.91 Å². The molecule has 2 aromatic carbocycles. The molecular weight excluding hydrogens is 378 g/mol. The van der Waals surface area contributed by atoms with Crippen molar-refractivity contribution >= 4 is 40.3 Å². The molecule has 1 amide bonds. The van der Waals surface area contributed by atoms with Crippen LogP contribution in [0.15, 0.2) is 59.5 Å². The van der Waals surface area contributed by atoms with Gasteiger partial charge in [-0.25, -0.2) is 0 Å². The van der Waals surface area contributed by atoms with E-state index in [2.05, 4.69) is 0 Å². The van der Waals surface area contributed by atoms with Crippen molar-refractivity contribution in [1.29, 1.82) is 0 Å². The molecule has 6 heteroatoms. The maximum atomic E-state index is 12.4. The third kappa shape index (κ3) is 5.11. The summed E-state index contributed by atoms with van der Waals surface area (Å²) in [5.41, 5.74) is 0.873. The predicted molar refractivity (Wildman–Crippen MR) is 114 cm³/mol. The molecule has 3 rings (SSSR count). The van der Waals surface area contributed by atoms with E-state index in [0.717, 1.165) is 23.5 Å². The zero-order valence-corrected chi connectivity index (χ0v) is 16.7. The van der Waals surface area contributed by atoms with Gasteiger partial charge in [-0.15, -0.1) is 0 Å². The maximum Gasteiger partial charge on any atom is 0.266 e. The summed E-state index contributed by atoms with van der Waals surface area (Å²) in [6.45, 7) is 3.62. The molecule has 0 spiro atoms. The summed E-state index contributed by atoms with van der Waals surface area (Å²) in [6, 6.07) is 17.4. The number of amides is 1. The van der Waals surface area contributed by atoms with Crippen LogP contribution in [-0.4, -0.2) is 34.9 Å². The van der Waals surface area contributed by atoms with Crippen LogP contribution < -0.4 is 9.47 Å². The number of benzene rings is 2. The molecule has 1 fully saturated rings. The van der Waals surface area contributed by atoms with Gasteiger partial charge in [0.05, 0.1) is 18.1 Å². The molecule has 2 aromatic rings. The van der Waals surface area contributed by atoms with Crippen molar-refractivity contribution in [1.82, 2.24) is 4.90 Å². The largest absolute Gasteiger partial charge is 0.493 e. The Hall–Kier alpha value is -2.31. The average Bonchev–Trinajstić information content (AvgIpc) is 2.96. The molecule has 4 nitrogen and oxygen atoms in total. The van der Waals surface area contributed by atoms with Crippen LogP contribution in [0.1, 0.15) is 18.9 Å². The molecule has 1 aliphatic rings. The Balaban J connectivity index is 1.57. The van der Waals surface area contributed by atoms with Crippen molar-refractivity contribution in [3.05, 3.63) is 65.1 Å². The Morgan fingerprint density at radius 1 is 1.04 bits per heavy atom. The number of carbonyl (C=O) groups excluding carboxylic acids is 1. The van der Waals surface area contributed by atoms with Crippen molar-refractivity contribution in [3.63, 3.8) is 0 Å². The first-order valence-electron chi connectivity index (χ1n) is 8.84. The molecule has 0 atom stereocenters. The molecule has 0 aliphatic carbocycles. The van der Waals surface area contributed by atoms with E-state index in [1.54, 1.807) is 4.90 Å². The molecule has 0 N–H and O–H groups in total. The van der Waals surface area contributed by atoms with Gasteiger partial charge >= 0.3 is 0 Å². The number of nitrogens with zero attached hydrogens (tertiary/aromatic N) is 1. The summed E-state index contributed by atoms with van der Waals surface area (Å²) in [6.07, 6.45) is 2.62. The van der Waals surface area contributed by atoms with Gasteiger partial charge < -0.3 is 9.47 Å². The second kappa shape index (κ2) is 9.58. The number of ether oxygens (including phenoxy) is 2. The van der Waals surface area contributed by atoms with Gasteiger partial charge in [0.2, 0.25) is 0 Å². The lowest BCUT2D eigenvalue weighted by Gasteiger charge is -2.11.